The standard InChI is InChI=1S/C20H16N6O/c1-13-12-15(27-19-17-4-3-9-25(17)10-7-21-19)5-6-16(13)18-14(2)23-24-20-22-8-11-26(18)20/h3-12H,1-2H3. The average Bonchev–Trinajstić information content (AvgIpc) is 3.32. The summed E-state index contributed by atoms with van der Waals surface area (Å²) in [4.78, 5) is 8.59. The highest BCUT2D eigenvalue weighted by atomic mass is 16.5. The Hall–Kier alpha value is -3.74. The Morgan fingerprint density at radius 3 is 2.70 bits per heavy atom. The topological polar surface area (TPSA) is 69.6 Å². The number of benzene rings is 1. The van der Waals surface area contributed by atoms with Crippen molar-refractivity contribution in [3.05, 3.63) is 72.6 Å². The molecule has 7 nitrogen and oxygen atoms in total. The van der Waals surface area contributed by atoms with Crippen LogP contribution >= 0.6 is 0 Å². The summed E-state index contributed by atoms with van der Waals surface area (Å²) in [6.07, 6.45) is 9.21. The SMILES string of the molecule is Cc1cc(Oc2nccn3cccc23)ccc1-c1c(C)nnc2nccn12. The predicted molar refractivity (Wildman–Crippen MR) is 101 cm³/mol. The van der Waals surface area contributed by atoms with Crippen molar-refractivity contribution in [3.63, 3.8) is 0 Å². The molecule has 0 aliphatic heterocycles. The Balaban J connectivity index is 1.57. The molecule has 132 valence electrons. The van der Waals surface area contributed by atoms with Gasteiger partial charge in [0.15, 0.2) is 0 Å². The van der Waals surface area contributed by atoms with E-state index in [-0.39, 0.29) is 0 Å². The summed E-state index contributed by atoms with van der Waals surface area (Å²) < 4.78 is 9.98. The Bertz CT molecular complexity index is 1290. The van der Waals surface area contributed by atoms with E-state index in [1.807, 2.05) is 64.6 Å². The number of aryl methyl sites for hydroxylation is 2. The van der Waals surface area contributed by atoms with Crippen molar-refractivity contribution in [1.82, 2.24) is 29.0 Å². The van der Waals surface area contributed by atoms with Crippen LogP contribution in [-0.2, 0) is 0 Å². The van der Waals surface area contributed by atoms with Crippen LogP contribution in [-0.4, -0.2) is 29.0 Å². The Kier molecular flexibility index (Phi) is 3.39. The maximum absolute atomic E-state index is 6.05. The second-order valence-electron chi connectivity index (χ2n) is 6.34. The molecule has 7 heteroatoms. The van der Waals surface area contributed by atoms with Crippen LogP contribution in [0.4, 0.5) is 0 Å². The van der Waals surface area contributed by atoms with Crippen molar-refractivity contribution >= 4 is 11.3 Å². The monoisotopic (exact) mass is 356 g/mol. The Morgan fingerprint density at radius 1 is 0.926 bits per heavy atom. The maximum Gasteiger partial charge on any atom is 0.254 e. The van der Waals surface area contributed by atoms with E-state index in [0.29, 0.717) is 11.7 Å². The van der Waals surface area contributed by atoms with E-state index < -0.39 is 0 Å². The minimum absolute atomic E-state index is 0.577. The highest BCUT2D eigenvalue weighted by Gasteiger charge is 2.14. The molecule has 27 heavy (non-hydrogen) atoms. The molecule has 5 aromatic rings. The van der Waals surface area contributed by atoms with Gasteiger partial charge in [0.05, 0.1) is 11.4 Å². The minimum atomic E-state index is 0.577. The molecule has 0 radical (unpaired) electrons. The molecule has 0 bridgehead atoms. The van der Waals surface area contributed by atoms with Gasteiger partial charge in [0.25, 0.3) is 5.78 Å². The van der Waals surface area contributed by atoms with Crippen molar-refractivity contribution in [2.45, 2.75) is 13.8 Å². The molecule has 1 aromatic carbocycles. The van der Waals surface area contributed by atoms with Gasteiger partial charge < -0.3 is 9.14 Å². The van der Waals surface area contributed by atoms with Gasteiger partial charge in [-0.3, -0.25) is 4.40 Å². The molecule has 0 saturated carbocycles. The third kappa shape index (κ3) is 2.52. The van der Waals surface area contributed by atoms with Gasteiger partial charge in [-0.25, -0.2) is 9.97 Å². The smallest absolute Gasteiger partial charge is 0.254 e. The summed E-state index contributed by atoms with van der Waals surface area (Å²) in [5, 5.41) is 8.36. The summed E-state index contributed by atoms with van der Waals surface area (Å²) in [7, 11) is 0. The molecule has 0 aliphatic carbocycles. The average molecular weight is 356 g/mol. The van der Waals surface area contributed by atoms with Crippen LogP contribution in [0.15, 0.2) is 61.3 Å². The molecule has 0 unspecified atom stereocenters. The van der Waals surface area contributed by atoms with Crippen molar-refractivity contribution in [2.75, 3.05) is 0 Å². The number of ether oxygens (including phenoxy) is 1. The van der Waals surface area contributed by atoms with E-state index >= 15 is 0 Å². The molecule has 0 spiro atoms. The van der Waals surface area contributed by atoms with Crippen LogP contribution in [0.5, 0.6) is 11.6 Å². The van der Waals surface area contributed by atoms with Crippen LogP contribution in [0, 0.1) is 13.8 Å². The third-order valence-electron chi connectivity index (χ3n) is 4.58. The molecule has 0 saturated heterocycles. The summed E-state index contributed by atoms with van der Waals surface area (Å²) in [6.45, 7) is 4.00. The minimum Gasteiger partial charge on any atom is -0.437 e. The summed E-state index contributed by atoms with van der Waals surface area (Å²) in [5.41, 5.74) is 4.88. The zero-order chi connectivity index (χ0) is 18.4. The van der Waals surface area contributed by atoms with E-state index in [2.05, 4.69) is 27.1 Å². The Labute approximate surface area is 154 Å². The van der Waals surface area contributed by atoms with Crippen molar-refractivity contribution < 1.29 is 4.74 Å². The van der Waals surface area contributed by atoms with Gasteiger partial charge in [-0.1, -0.05) is 0 Å². The van der Waals surface area contributed by atoms with Crippen LogP contribution in [0.3, 0.4) is 0 Å². The lowest BCUT2D eigenvalue weighted by Gasteiger charge is -2.13. The molecule has 4 aromatic heterocycles. The largest absolute Gasteiger partial charge is 0.437 e. The molecule has 4 heterocycles. The molecular formula is C20H16N6O. The molecule has 5 rings (SSSR count). The zero-order valence-corrected chi connectivity index (χ0v) is 14.9. The molecule has 0 fully saturated rings. The number of fused-ring (bicyclic) bond motifs is 2. The molecule has 0 aliphatic rings. The van der Waals surface area contributed by atoms with Crippen LogP contribution in [0.1, 0.15) is 11.3 Å². The number of aromatic nitrogens is 6. The molecule has 0 amide bonds. The summed E-state index contributed by atoms with van der Waals surface area (Å²) in [5.74, 6) is 1.90. The number of hydrogen-bond acceptors (Lipinski definition) is 5. The van der Waals surface area contributed by atoms with E-state index in [9.17, 15) is 0 Å². The van der Waals surface area contributed by atoms with Gasteiger partial charge in [0, 0.05) is 36.5 Å². The fourth-order valence-corrected chi connectivity index (χ4v) is 3.31. The van der Waals surface area contributed by atoms with Crippen molar-refractivity contribution in [2.24, 2.45) is 0 Å². The summed E-state index contributed by atoms with van der Waals surface area (Å²) in [6, 6.07) is 9.93. The van der Waals surface area contributed by atoms with E-state index in [1.54, 1.807) is 12.4 Å². The first kappa shape index (κ1) is 15.5. The Morgan fingerprint density at radius 2 is 1.81 bits per heavy atom. The summed E-state index contributed by atoms with van der Waals surface area (Å²) >= 11 is 0. The molecule has 0 N–H and O–H groups in total. The normalized spacial score (nSPS) is 11.3. The van der Waals surface area contributed by atoms with Gasteiger partial charge >= 0.3 is 0 Å². The quantitative estimate of drug-likeness (QED) is 0.491. The van der Waals surface area contributed by atoms with E-state index in [1.165, 1.54) is 0 Å². The van der Waals surface area contributed by atoms with Gasteiger partial charge in [-0.2, -0.15) is 0 Å². The third-order valence-corrected chi connectivity index (χ3v) is 4.58. The number of rotatable bonds is 3. The van der Waals surface area contributed by atoms with Crippen LogP contribution in [0.2, 0.25) is 0 Å². The first-order valence-corrected chi connectivity index (χ1v) is 8.57. The highest BCUT2D eigenvalue weighted by molar-refractivity contribution is 5.69. The number of nitrogens with zero attached hydrogens (tertiary/aromatic N) is 6. The van der Waals surface area contributed by atoms with Gasteiger partial charge in [0.2, 0.25) is 5.88 Å². The van der Waals surface area contributed by atoms with Crippen molar-refractivity contribution in [3.8, 4) is 22.9 Å². The first-order valence-electron chi connectivity index (χ1n) is 8.57. The van der Waals surface area contributed by atoms with Gasteiger partial charge in [-0.05, 0) is 49.7 Å². The van der Waals surface area contributed by atoms with Gasteiger partial charge in [-0.15, -0.1) is 10.2 Å². The van der Waals surface area contributed by atoms with Gasteiger partial charge in [0.1, 0.15) is 11.3 Å². The molecule has 0 atom stereocenters. The second-order valence-corrected chi connectivity index (χ2v) is 6.34. The lowest BCUT2D eigenvalue weighted by atomic mass is 10.0. The fraction of sp³-hybridized carbons (Fsp3) is 0.100. The van der Waals surface area contributed by atoms with E-state index in [0.717, 1.165) is 33.8 Å². The van der Waals surface area contributed by atoms with Crippen LogP contribution < -0.4 is 4.74 Å². The predicted octanol–water partition coefficient (Wildman–Crippen LogP) is 3.85. The first-order chi connectivity index (χ1) is 13.2. The zero-order valence-electron chi connectivity index (χ0n) is 14.9. The second kappa shape index (κ2) is 5.91. The van der Waals surface area contributed by atoms with E-state index in [4.69, 9.17) is 4.74 Å². The highest BCUT2D eigenvalue weighted by Crippen LogP contribution is 2.31. The van der Waals surface area contributed by atoms with Crippen molar-refractivity contribution in [1.29, 1.82) is 0 Å². The maximum atomic E-state index is 6.05. The number of hydrogen-bond donors (Lipinski definition) is 0. The molecular weight excluding hydrogens is 340 g/mol. The lowest BCUT2D eigenvalue weighted by molar-refractivity contribution is 0.466. The van der Waals surface area contributed by atoms with Crippen LogP contribution in [0.25, 0.3) is 22.6 Å². The number of imidazole rings is 1. The fourth-order valence-electron chi connectivity index (χ4n) is 3.31. The lowest BCUT2D eigenvalue weighted by Crippen LogP contribution is -2.02.